The second-order valence-electron chi connectivity index (χ2n) is 40.2. The summed E-state index contributed by atoms with van der Waals surface area (Å²) in [6, 6.07) is 0. The van der Waals surface area contributed by atoms with Crippen LogP contribution in [0.1, 0.15) is 526 Å². The molecule has 774 valence electrons. The fraction of sp³-hybridized carbons (Fsp3) is 0.919. The SMILES string of the molecule is CCCCCCC(C)OC(=O)CCCCCN(CCCCCCNC(=O)C1CC(C(=O)NCCCCCCN(CCCCCC(=O)OC(C)CCCCCC)CCCCCC(=O)OC(C)CCCCCC)CC(C(=O)NCCCCCCN(CCCCCC(=O)OC(C)CCCCCC)CCCCCC(=O)OC(C)CCCCCC)C1)CCCCCC(=O)OC(C)CCCCCC. The molecule has 0 bridgehead atoms. The number of ether oxygens (including phenoxy) is 6. The van der Waals surface area contributed by atoms with Crippen LogP contribution in [0.2, 0.25) is 0 Å². The topological polar surface area (TPSA) is 255 Å². The van der Waals surface area contributed by atoms with Gasteiger partial charge in [-0.3, -0.25) is 43.2 Å². The summed E-state index contributed by atoms with van der Waals surface area (Å²) >= 11 is 0. The molecule has 1 aliphatic rings. The van der Waals surface area contributed by atoms with Gasteiger partial charge in [-0.05, 0) is 312 Å². The molecule has 3 N–H and O–H groups in total. The van der Waals surface area contributed by atoms with Crippen molar-refractivity contribution >= 4 is 53.5 Å². The maximum absolute atomic E-state index is 14.3. The van der Waals surface area contributed by atoms with E-state index in [0.29, 0.717) is 77.4 Å². The van der Waals surface area contributed by atoms with E-state index in [2.05, 4.69) is 72.2 Å². The van der Waals surface area contributed by atoms with Gasteiger partial charge in [0, 0.05) is 75.9 Å². The van der Waals surface area contributed by atoms with Crippen molar-refractivity contribution in [3.63, 3.8) is 0 Å². The second-order valence-corrected chi connectivity index (χ2v) is 40.2. The first-order valence-corrected chi connectivity index (χ1v) is 56.2. The van der Waals surface area contributed by atoms with Crippen LogP contribution in [-0.2, 0) is 71.6 Å². The Hall–Kier alpha value is -4.89. The molecule has 6 unspecified atom stereocenters. The minimum atomic E-state index is -0.468. The Morgan fingerprint density at radius 1 is 0.205 bits per heavy atom. The predicted molar refractivity (Wildman–Crippen MR) is 545 cm³/mol. The fourth-order valence-corrected chi connectivity index (χ4v) is 18.4. The van der Waals surface area contributed by atoms with Crippen molar-refractivity contribution in [2.45, 2.75) is 563 Å². The normalized spacial score (nSPS) is 15.3. The van der Waals surface area contributed by atoms with Gasteiger partial charge < -0.3 is 59.1 Å². The van der Waals surface area contributed by atoms with Crippen molar-refractivity contribution in [1.29, 1.82) is 0 Å². The van der Waals surface area contributed by atoms with E-state index in [-0.39, 0.29) is 90.2 Å². The van der Waals surface area contributed by atoms with Gasteiger partial charge in [-0.15, -0.1) is 0 Å². The molecule has 6 atom stereocenters. The van der Waals surface area contributed by atoms with Crippen LogP contribution in [0.25, 0.3) is 0 Å². The molecule has 0 radical (unpaired) electrons. The van der Waals surface area contributed by atoms with Gasteiger partial charge in [0.2, 0.25) is 17.7 Å². The molecule has 0 saturated heterocycles. The molecular weight excluding hydrogens is 1660 g/mol. The summed E-state index contributed by atoms with van der Waals surface area (Å²) in [4.78, 5) is 127. The molecule has 1 saturated carbocycles. The van der Waals surface area contributed by atoms with Crippen LogP contribution in [0.3, 0.4) is 0 Å². The Balaban J connectivity index is 3.16. The quantitative estimate of drug-likeness (QED) is 0.0291. The van der Waals surface area contributed by atoms with Gasteiger partial charge in [-0.1, -0.05) is 234 Å². The monoisotopic (exact) mass is 1870 g/mol. The lowest BCUT2D eigenvalue weighted by Crippen LogP contribution is -2.45. The van der Waals surface area contributed by atoms with E-state index >= 15 is 0 Å². The lowest BCUT2D eigenvalue weighted by atomic mass is 9.74. The van der Waals surface area contributed by atoms with Crippen LogP contribution in [0.4, 0.5) is 0 Å². The summed E-state index contributed by atoms with van der Waals surface area (Å²) < 4.78 is 34.5. The smallest absolute Gasteiger partial charge is 0.306 e. The number of nitrogens with one attached hydrogen (secondary N) is 3. The van der Waals surface area contributed by atoms with Gasteiger partial charge >= 0.3 is 35.8 Å². The van der Waals surface area contributed by atoms with Crippen molar-refractivity contribution in [3.05, 3.63) is 0 Å². The lowest BCUT2D eigenvalue weighted by molar-refractivity contribution is -0.149. The molecule has 21 heteroatoms. The van der Waals surface area contributed by atoms with Gasteiger partial charge in [0.05, 0.1) is 36.6 Å². The lowest BCUT2D eigenvalue weighted by Gasteiger charge is -2.33. The third kappa shape index (κ3) is 78.1. The maximum atomic E-state index is 14.3. The second kappa shape index (κ2) is 90.0. The zero-order valence-electron chi connectivity index (χ0n) is 87.9. The molecule has 21 nitrogen and oxygen atoms in total. The first-order chi connectivity index (χ1) is 64.0. The minimum absolute atomic E-state index is 0.0409. The van der Waals surface area contributed by atoms with E-state index in [1.807, 2.05) is 41.5 Å². The maximum Gasteiger partial charge on any atom is 0.306 e. The molecule has 1 aliphatic carbocycles. The first-order valence-electron chi connectivity index (χ1n) is 56.2. The van der Waals surface area contributed by atoms with E-state index in [0.717, 1.165) is 329 Å². The van der Waals surface area contributed by atoms with E-state index in [1.54, 1.807) is 0 Å². The highest BCUT2D eigenvalue weighted by Gasteiger charge is 2.39. The number of esters is 6. The molecule has 132 heavy (non-hydrogen) atoms. The van der Waals surface area contributed by atoms with Gasteiger partial charge in [0.15, 0.2) is 0 Å². The molecule has 0 heterocycles. The molecule has 0 spiro atoms. The van der Waals surface area contributed by atoms with Crippen molar-refractivity contribution in [3.8, 4) is 0 Å². The van der Waals surface area contributed by atoms with E-state index < -0.39 is 17.8 Å². The van der Waals surface area contributed by atoms with Crippen molar-refractivity contribution < 1.29 is 71.6 Å². The average molecular weight is 1870 g/mol. The van der Waals surface area contributed by atoms with Crippen LogP contribution in [0.5, 0.6) is 0 Å². The minimum Gasteiger partial charge on any atom is -0.463 e. The van der Waals surface area contributed by atoms with Gasteiger partial charge in [-0.25, -0.2) is 0 Å². The number of unbranched alkanes of at least 4 members (excludes halogenated alkanes) is 39. The molecule has 0 aromatic rings. The Morgan fingerprint density at radius 3 is 0.508 bits per heavy atom. The summed E-state index contributed by atoms with van der Waals surface area (Å²) in [5.41, 5.74) is 0. The van der Waals surface area contributed by atoms with Gasteiger partial charge in [0.1, 0.15) is 0 Å². The van der Waals surface area contributed by atoms with Crippen molar-refractivity contribution in [2.75, 3.05) is 78.5 Å². The third-order valence-corrected chi connectivity index (χ3v) is 26.8. The standard InChI is InChI=1S/C111H210N6O15/c1-13-19-25-43-67-94(7)127-103(118)73-49-37-61-85-115(86-62-38-50-74-104(119)128-95(8)68-44-26-20-14-2)82-58-34-31-55-79-112-109(124)100-91-101(110(125)113-80-56-32-35-59-83-116(87-63-39-51-75-105(120)129-96(9)69-45-27-21-15-3)88-64-40-52-76-106(121)130-97(10)70-46-28-22-16-4)93-102(92-100)111(126)114-81-57-33-36-60-84-117(89-65-41-53-77-107(122)131-98(11)71-47-29-23-17-5)90-66-42-54-78-108(123)132-99(12)72-48-30-24-18-6/h94-102H,13-93H2,1-12H3,(H,112,124)(H,113,125)(H,114,126). The Morgan fingerprint density at radius 2 is 0.348 bits per heavy atom. The average Bonchev–Trinajstić information content (AvgIpc) is 0.825. The molecule has 3 amide bonds. The van der Waals surface area contributed by atoms with Crippen molar-refractivity contribution in [1.82, 2.24) is 30.7 Å². The molecule has 0 aromatic heterocycles. The Kier molecular flexibility index (Phi) is 85.3. The van der Waals surface area contributed by atoms with E-state index in [9.17, 15) is 43.2 Å². The number of carbonyl (C=O) groups excluding carboxylic acids is 9. The molecular formula is C111H210N6O15. The third-order valence-electron chi connectivity index (χ3n) is 26.8. The van der Waals surface area contributed by atoms with Crippen LogP contribution in [-0.4, -0.2) is 183 Å². The number of hydrogen-bond donors (Lipinski definition) is 3. The summed E-state index contributed by atoms with van der Waals surface area (Å²) in [6.07, 6.45) is 65.4. The van der Waals surface area contributed by atoms with Crippen molar-refractivity contribution in [2.24, 2.45) is 17.8 Å². The Labute approximate surface area is 810 Å². The summed E-state index contributed by atoms with van der Waals surface area (Å²) in [5.74, 6) is -2.21. The Bertz CT molecular complexity index is 2350. The van der Waals surface area contributed by atoms with Crippen LogP contribution >= 0.6 is 0 Å². The summed E-state index contributed by atoms with van der Waals surface area (Å²) in [7, 11) is 0. The highest BCUT2D eigenvalue weighted by atomic mass is 16.6. The highest BCUT2D eigenvalue weighted by molar-refractivity contribution is 5.86. The zero-order chi connectivity index (χ0) is 96.8. The molecule has 0 aliphatic heterocycles. The zero-order valence-corrected chi connectivity index (χ0v) is 87.9. The van der Waals surface area contributed by atoms with Crippen LogP contribution in [0, 0.1) is 17.8 Å². The molecule has 1 rings (SSSR count). The van der Waals surface area contributed by atoms with E-state index in [4.69, 9.17) is 28.4 Å². The largest absolute Gasteiger partial charge is 0.463 e. The van der Waals surface area contributed by atoms with Crippen LogP contribution in [0.15, 0.2) is 0 Å². The fourth-order valence-electron chi connectivity index (χ4n) is 18.4. The number of nitrogens with zero attached hydrogens (tertiary/aromatic N) is 3. The van der Waals surface area contributed by atoms with E-state index in [1.165, 1.54) is 116 Å². The number of hydrogen-bond acceptors (Lipinski definition) is 18. The summed E-state index contributed by atoms with van der Waals surface area (Å²) in [6.45, 7) is 35.5. The highest BCUT2D eigenvalue weighted by Crippen LogP contribution is 2.35. The van der Waals surface area contributed by atoms with Crippen LogP contribution < -0.4 is 16.0 Å². The van der Waals surface area contributed by atoms with Gasteiger partial charge in [-0.2, -0.15) is 0 Å². The summed E-state index contributed by atoms with van der Waals surface area (Å²) in [5, 5.41) is 9.77. The first kappa shape index (κ1) is 125. The number of carbonyl (C=O) groups is 9. The molecule has 0 aromatic carbocycles. The molecule has 1 fully saturated rings. The predicted octanol–water partition coefficient (Wildman–Crippen LogP) is 26.7. The van der Waals surface area contributed by atoms with Gasteiger partial charge in [0.25, 0.3) is 0 Å². The number of rotatable bonds is 96. The number of amides is 3.